The van der Waals surface area contributed by atoms with Crippen molar-refractivity contribution in [2.45, 2.75) is 51.2 Å². The van der Waals surface area contributed by atoms with Gasteiger partial charge in [0, 0.05) is 10.7 Å². The highest BCUT2D eigenvalue weighted by Crippen LogP contribution is 2.27. The molecule has 0 spiro atoms. The average Bonchev–Trinajstić information content (AvgIpc) is 2.99. The highest BCUT2D eigenvalue weighted by molar-refractivity contribution is 7.20. The molecule has 0 aliphatic heterocycles. The first-order valence-corrected chi connectivity index (χ1v) is 9.05. The van der Waals surface area contributed by atoms with Gasteiger partial charge < -0.3 is 10.1 Å². The van der Waals surface area contributed by atoms with Crippen LogP contribution in [0, 0.1) is 5.82 Å². The summed E-state index contributed by atoms with van der Waals surface area (Å²) in [7, 11) is 0. The molecule has 0 unspecified atom stereocenters. The van der Waals surface area contributed by atoms with Crippen LogP contribution in [0.1, 0.15) is 48.7 Å². The predicted molar refractivity (Wildman–Crippen MR) is 91.7 cm³/mol. The lowest BCUT2D eigenvalue weighted by Gasteiger charge is -2.24. The van der Waals surface area contributed by atoms with Crippen molar-refractivity contribution in [2.24, 2.45) is 0 Å². The van der Waals surface area contributed by atoms with E-state index in [9.17, 15) is 14.0 Å². The number of hydrogen-bond acceptors (Lipinski definition) is 4. The van der Waals surface area contributed by atoms with E-state index in [1.54, 1.807) is 19.1 Å². The molecule has 128 valence electrons. The number of hydrogen-bond donors (Lipinski definition) is 1. The standard InChI is InChI=1S/C18H20FNO3S/c1-11(17(21)20-14-5-3-2-4-6-14)23-18(22)16-10-12-9-13(19)7-8-15(12)24-16/h7-11,14H,2-6H2,1H3,(H,20,21)/t11-/m0/s1. The summed E-state index contributed by atoms with van der Waals surface area (Å²) in [6.45, 7) is 1.57. The van der Waals surface area contributed by atoms with E-state index in [1.807, 2.05) is 0 Å². The quantitative estimate of drug-likeness (QED) is 0.848. The van der Waals surface area contributed by atoms with Crippen LogP contribution in [0.3, 0.4) is 0 Å². The topological polar surface area (TPSA) is 55.4 Å². The summed E-state index contributed by atoms with van der Waals surface area (Å²) >= 11 is 1.23. The summed E-state index contributed by atoms with van der Waals surface area (Å²) in [6.07, 6.45) is 4.57. The van der Waals surface area contributed by atoms with Crippen molar-refractivity contribution >= 4 is 33.3 Å². The van der Waals surface area contributed by atoms with E-state index in [0.717, 1.165) is 30.4 Å². The van der Waals surface area contributed by atoms with Gasteiger partial charge in [0.25, 0.3) is 5.91 Å². The maximum atomic E-state index is 13.2. The molecule has 1 atom stereocenters. The molecule has 1 N–H and O–H groups in total. The van der Waals surface area contributed by atoms with Crippen molar-refractivity contribution in [3.63, 3.8) is 0 Å². The van der Waals surface area contributed by atoms with Gasteiger partial charge in [-0.1, -0.05) is 19.3 Å². The molecule has 3 rings (SSSR count). The van der Waals surface area contributed by atoms with Gasteiger partial charge in [0.15, 0.2) is 6.10 Å². The third kappa shape index (κ3) is 3.93. The Hall–Kier alpha value is -1.95. The highest BCUT2D eigenvalue weighted by Gasteiger charge is 2.23. The van der Waals surface area contributed by atoms with E-state index in [2.05, 4.69) is 5.32 Å². The van der Waals surface area contributed by atoms with Crippen molar-refractivity contribution in [2.75, 3.05) is 0 Å². The molecular weight excluding hydrogens is 329 g/mol. The minimum Gasteiger partial charge on any atom is -0.448 e. The van der Waals surface area contributed by atoms with Crippen molar-refractivity contribution < 1.29 is 18.7 Å². The van der Waals surface area contributed by atoms with E-state index >= 15 is 0 Å². The molecule has 24 heavy (non-hydrogen) atoms. The van der Waals surface area contributed by atoms with E-state index < -0.39 is 12.1 Å². The number of carbonyl (C=O) groups excluding carboxylic acids is 2. The number of benzene rings is 1. The molecule has 4 nitrogen and oxygen atoms in total. The zero-order valence-electron chi connectivity index (χ0n) is 13.5. The number of esters is 1. The third-order valence-corrected chi connectivity index (χ3v) is 5.38. The second-order valence-electron chi connectivity index (χ2n) is 6.18. The van der Waals surface area contributed by atoms with Crippen LogP contribution in [0.25, 0.3) is 10.1 Å². The molecule has 1 aliphatic rings. The Morgan fingerprint density at radius 3 is 2.75 bits per heavy atom. The van der Waals surface area contributed by atoms with Crippen LogP contribution >= 0.6 is 11.3 Å². The van der Waals surface area contributed by atoms with Gasteiger partial charge in [-0.15, -0.1) is 11.3 Å². The molecule has 1 fully saturated rings. The summed E-state index contributed by atoms with van der Waals surface area (Å²) < 4.78 is 19.3. The summed E-state index contributed by atoms with van der Waals surface area (Å²) in [5, 5.41) is 3.61. The highest BCUT2D eigenvalue weighted by atomic mass is 32.1. The van der Waals surface area contributed by atoms with Crippen LogP contribution in [0.5, 0.6) is 0 Å². The Kier molecular flexibility index (Phi) is 5.14. The number of amides is 1. The zero-order chi connectivity index (χ0) is 17.1. The smallest absolute Gasteiger partial charge is 0.349 e. The Morgan fingerprint density at radius 2 is 2.00 bits per heavy atom. The van der Waals surface area contributed by atoms with Crippen LogP contribution in [0.2, 0.25) is 0 Å². The molecule has 0 radical (unpaired) electrons. The van der Waals surface area contributed by atoms with Crippen LogP contribution in [0.4, 0.5) is 4.39 Å². The Morgan fingerprint density at radius 1 is 1.25 bits per heavy atom. The van der Waals surface area contributed by atoms with E-state index in [4.69, 9.17) is 4.74 Å². The summed E-state index contributed by atoms with van der Waals surface area (Å²) in [6, 6.07) is 6.14. The molecule has 6 heteroatoms. The van der Waals surface area contributed by atoms with Crippen molar-refractivity contribution in [3.05, 3.63) is 35.0 Å². The van der Waals surface area contributed by atoms with Crippen LogP contribution < -0.4 is 5.32 Å². The first kappa shape index (κ1) is 16.9. The minimum atomic E-state index is -0.846. The average molecular weight is 349 g/mol. The normalized spacial score (nSPS) is 16.8. The fraction of sp³-hybridized carbons (Fsp3) is 0.444. The molecule has 0 bridgehead atoms. The van der Waals surface area contributed by atoms with Gasteiger partial charge in [0.1, 0.15) is 10.7 Å². The Labute approximate surface area is 144 Å². The van der Waals surface area contributed by atoms with Crippen molar-refractivity contribution in [1.29, 1.82) is 0 Å². The first-order valence-electron chi connectivity index (χ1n) is 8.23. The van der Waals surface area contributed by atoms with E-state index in [1.165, 1.54) is 29.9 Å². The second-order valence-corrected chi connectivity index (χ2v) is 7.27. The lowest BCUT2D eigenvalue weighted by molar-refractivity contribution is -0.130. The van der Waals surface area contributed by atoms with Gasteiger partial charge in [-0.05, 0) is 49.4 Å². The lowest BCUT2D eigenvalue weighted by atomic mass is 9.95. The van der Waals surface area contributed by atoms with Crippen molar-refractivity contribution in [1.82, 2.24) is 5.32 Å². The Balaban J connectivity index is 1.60. The van der Waals surface area contributed by atoms with E-state index in [-0.39, 0.29) is 17.8 Å². The number of thiophene rings is 1. The van der Waals surface area contributed by atoms with Gasteiger partial charge in [0.05, 0.1) is 0 Å². The number of halogens is 1. The summed E-state index contributed by atoms with van der Waals surface area (Å²) in [4.78, 5) is 24.7. The van der Waals surface area contributed by atoms with Crippen molar-refractivity contribution in [3.8, 4) is 0 Å². The molecule has 1 aromatic heterocycles. The maximum Gasteiger partial charge on any atom is 0.349 e. The largest absolute Gasteiger partial charge is 0.448 e. The van der Waals surface area contributed by atoms with Crippen LogP contribution in [-0.4, -0.2) is 24.0 Å². The number of nitrogens with one attached hydrogen (secondary N) is 1. The lowest BCUT2D eigenvalue weighted by Crippen LogP contribution is -2.42. The van der Waals surface area contributed by atoms with Gasteiger partial charge in [-0.3, -0.25) is 4.79 Å². The fourth-order valence-electron chi connectivity index (χ4n) is 2.95. The molecule has 0 saturated heterocycles. The Bertz CT molecular complexity index is 752. The van der Waals surface area contributed by atoms with Gasteiger partial charge >= 0.3 is 5.97 Å². The molecule has 2 aromatic rings. The molecule has 1 aliphatic carbocycles. The summed E-state index contributed by atoms with van der Waals surface area (Å²) in [5.74, 6) is -1.16. The number of fused-ring (bicyclic) bond motifs is 1. The van der Waals surface area contributed by atoms with E-state index in [0.29, 0.717) is 10.3 Å². The molecular formula is C18H20FNO3S. The molecule has 1 heterocycles. The number of carbonyl (C=O) groups is 2. The van der Waals surface area contributed by atoms with Gasteiger partial charge in [-0.2, -0.15) is 0 Å². The SMILES string of the molecule is C[C@H](OC(=O)c1cc2cc(F)ccc2s1)C(=O)NC1CCCCC1. The second kappa shape index (κ2) is 7.30. The molecule has 1 saturated carbocycles. The monoisotopic (exact) mass is 349 g/mol. The molecule has 1 amide bonds. The number of rotatable bonds is 4. The third-order valence-electron chi connectivity index (χ3n) is 4.28. The zero-order valence-corrected chi connectivity index (χ0v) is 14.3. The predicted octanol–water partition coefficient (Wildman–Crippen LogP) is 4.03. The minimum absolute atomic E-state index is 0.180. The first-order chi connectivity index (χ1) is 11.5. The maximum absolute atomic E-state index is 13.2. The van der Waals surface area contributed by atoms with Gasteiger partial charge in [0.2, 0.25) is 0 Å². The number of ether oxygens (including phenoxy) is 1. The fourth-order valence-corrected chi connectivity index (χ4v) is 3.88. The summed E-state index contributed by atoms with van der Waals surface area (Å²) in [5.41, 5.74) is 0. The van der Waals surface area contributed by atoms with Crippen LogP contribution in [0.15, 0.2) is 24.3 Å². The molecule has 1 aromatic carbocycles. The van der Waals surface area contributed by atoms with Crippen LogP contribution in [-0.2, 0) is 9.53 Å². The van der Waals surface area contributed by atoms with Gasteiger partial charge in [-0.25, -0.2) is 9.18 Å².